The van der Waals surface area contributed by atoms with Crippen LogP contribution in [0, 0.1) is 0 Å². The molecule has 126 valence electrons. The Balaban J connectivity index is 0.00000242. The molecule has 1 aliphatic heterocycles. The fourth-order valence-electron chi connectivity index (χ4n) is 1.85. The number of benzene rings is 1. The standard InChI is InChI=1S/C13H20N2O5S.ClH/c1-18-7-6-14-4-5-15-21(16,17)11-2-3-12-13(10-11)20-9-8-19-12;/h2-3,10,14-15H,4-9H2,1H3;1H. The van der Waals surface area contributed by atoms with Crippen molar-refractivity contribution in [2.24, 2.45) is 0 Å². The highest BCUT2D eigenvalue weighted by Crippen LogP contribution is 2.32. The van der Waals surface area contributed by atoms with Gasteiger partial charge in [0.2, 0.25) is 10.0 Å². The van der Waals surface area contributed by atoms with Crippen LogP contribution in [0.2, 0.25) is 0 Å². The maximum atomic E-state index is 12.1. The third kappa shape index (κ3) is 5.29. The van der Waals surface area contributed by atoms with Gasteiger partial charge in [-0.15, -0.1) is 12.4 Å². The van der Waals surface area contributed by atoms with E-state index in [-0.39, 0.29) is 17.3 Å². The molecule has 0 spiro atoms. The zero-order valence-corrected chi connectivity index (χ0v) is 14.0. The van der Waals surface area contributed by atoms with E-state index in [9.17, 15) is 8.42 Å². The first-order chi connectivity index (χ1) is 10.1. The van der Waals surface area contributed by atoms with Crippen LogP contribution in [0.3, 0.4) is 0 Å². The summed E-state index contributed by atoms with van der Waals surface area (Å²) in [6.07, 6.45) is 0. The van der Waals surface area contributed by atoms with Gasteiger partial charge in [-0.2, -0.15) is 0 Å². The van der Waals surface area contributed by atoms with Crippen molar-refractivity contribution >= 4 is 22.4 Å². The lowest BCUT2D eigenvalue weighted by Crippen LogP contribution is -2.33. The number of sulfonamides is 1. The van der Waals surface area contributed by atoms with Crippen LogP contribution >= 0.6 is 12.4 Å². The molecule has 1 aromatic carbocycles. The third-order valence-electron chi connectivity index (χ3n) is 2.90. The molecule has 1 aromatic rings. The highest BCUT2D eigenvalue weighted by Gasteiger charge is 2.18. The number of methoxy groups -OCH3 is 1. The second kappa shape index (κ2) is 9.16. The van der Waals surface area contributed by atoms with Crippen molar-refractivity contribution in [3.63, 3.8) is 0 Å². The molecule has 1 heterocycles. The molecule has 0 aliphatic carbocycles. The summed E-state index contributed by atoms with van der Waals surface area (Å²) in [4.78, 5) is 0.170. The average molecular weight is 353 g/mol. The predicted molar refractivity (Wildman–Crippen MR) is 84.6 cm³/mol. The Bertz CT molecular complexity index is 568. The quantitative estimate of drug-likeness (QED) is 0.658. The van der Waals surface area contributed by atoms with E-state index in [4.69, 9.17) is 14.2 Å². The van der Waals surface area contributed by atoms with Gasteiger partial charge in [-0.05, 0) is 12.1 Å². The second-order valence-electron chi connectivity index (χ2n) is 4.45. The Labute approximate surface area is 136 Å². The van der Waals surface area contributed by atoms with Crippen molar-refractivity contribution in [3.8, 4) is 11.5 Å². The number of rotatable bonds is 8. The van der Waals surface area contributed by atoms with E-state index in [1.165, 1.54) is 12.1 Å². The van der Waals surface area contributed by atoms with Gasteiger partial charge >= 0.3 is 0 Å². The Morgan fingerprint density at radius 2 is 1.86 bits per heavy atom. The molecule has 0 unspecified atom stereocenters. The molecule has 0 amide bonds. The van der Waals surface area contributed by atoms with Crippen LogP contribution in [0.1, 0.15) is 0 Å². The van der Waals surface area contributed by atoms with Gasteiger partial charge in [-0.1, -0.05) is 0 Å². The normalized spacial score (nSPS) is 13.5. The number of halogens is 1. The van der Waals surface area contributed by atoms with Crippen LogP contribution in [0.25, 0.3) is 0 Å². The van der Waals surface area contributed by atoms with Crippen molar-refractivity contribution in [1.29, 1.82) is 0 Å². The molecule has 0 atom stereocenters. The van der Waals surface area contributed by atoms with E-state index in [1.54, 1.807) is 13.2 Å². The molecule has 9 heteroatoms. The molecule has 0 radical (unpaired) electrons. The minimum Gasteiger partial charge on any atom is -0.486 e. The third-order valence-corrected chi connectivity index (χ3v) is 4.36. The zero-order valence-electron chi connectivity index (χ0n) is 12.3. The largest absolute Gasteiger partial charge is 0.486 e. The molecule has 22 heavy (non-hydrogen) atoms. The van der Waals surface area contributed by atoms with Gasteiger partial charge < -0.3 is 19.5 Å². The van der Waals surface area contributed by atoms with E-state index < -0.39 is 10.0 Å². The summed E-state index contributed by atoms with van der Waals surface area (Å²) >= 11 is 0. The molecule has 0 saturated carbocycles. The van der Waals surface area contributed by atoms with E-state index in [1.807, 2.05) is 0 Å². The number of nitrogens with one attached hydrogen (secondary N) is 2. The molecule has 0 bridgehead atoms. The minimum absolute atomic E-state index is 0. The summed E-state index contributed by atoms with van der Waals surface area (Å²) in [5.41, 5.74) is 0. The van der Waals surface area contributed by atoms with Crippen LogP contribution in [-0.2, 0) is 14.8 Å². The number of hydrogen-bond donors (Lipinski definition) is 2. The summed E-state index contributed by atoms with van der Waals surface area (Å²) < 4.78 is 42.5. The highest BCUT2D eigenvalue weighted by atomic mass is 35.5. The summed E-state index contributed by atoms with van der Waals surface area (Å²) in [7, 11) is -1.93. The van der Waals surface area contributed by atoms with Gasteiger partial charge in [0, 0.05) is 32.8 Å². The Morgan fingerprint density at radius 3 is 2.59 bits per heavy atom. The Kier molecular flexibility index (Phi) is 7.91. The molecule has 0 aromatic heterocycles. The monoisotopic (exact) mass is 352 g/mol. The van der Waals surface area contributed by atoms with Crippen LogP contribution < -0.4 is 19.5 Å². The van der Waals surface area contributed by atoms with Crippen molar-refractivity contribution < 1.29 is 22.6 Å². The first kappa shape index (κ1) is 19.0. The summed E-state index contributed by atoms with van der Waals surface area (Å²) in [6.45, 7) is 3.02. The van der Waals surface area contributed by atoms with E-state index in [0.717, 1.165) is 0 Å². The van der Waals surface area contributed by atoms with E-state index in [2.05, 4.69) is 10.0 Å². The molecule has 2 rings (SSSR count). The highest BCUT2D eigenvalue weighted by molar-refractivity contribution is 7.89. The maximum Gasteiger partial charge on any atom is 0.240 e. The van der Waals surface area contributed by atoms with Crippen molar-refractivity contribution in [2.75, 3.05) is 46.6 Å². The van der Waals surface area contributed by atoms with Gasteiger partial charge in [0.25, 0.3) is 0 Å². The van der Waals surface area contributed by atoms with Crippen LogP contribution in [0.5, 0.6) is 11.5 Å². The SMILES string of the molecule is COCCNCCNS(=O)(=O)c1ccc2c(c1)OCCO2.Cl. The summed E-state index contributed by atoms with van der Waals surface area (Å²) in [5, 5.41) is 3.06. The van der Waals surface area contributed by atoms with Crippen LogP contribution in [-0.4, -0.2) is 55.0 Å². The van der Waals surface area contributed by atoms with Crippen molar-refractivity contribution in [3.05, 3.63) is 18.2 Å². The number of hydrogen-bond acceptors (Lipinski definition) is 6. The number of fused-ring (bicyclic) bond motifs is 1. The van der Waals surface area contributed by atoms with Gasteiger partial charge in [0.1, 0.15) is 13.2 Å². The van der Waals surface area contributed by atoms with E-state index >= 15 is 0 Å². The van der Waals surface area contributed by atoms with Gasteiger partial charge in [-0.25, -0.2) is 13.1 Å². The average Bonchev–Trinajstić information content (AvgIpc) is 2.50. The minimum atomic E-state index is -3.54. The van der Waals surface area contributed by atoms with E-state index in [0.29, 0.717) is 51.0 Å². The zero-order chi connectivity index (χ0) is 15.1. The first-order valence-corrected chi connectivity index (χ1v) is 8.21. The predicted octanol–water partition coefficient (Wildman–Crippen LogP) is 0.394. The molecular weight excluding hydrogens is 332 g/mol. The fourth-order valence-corrected chi connectivity index (χ4v) is 2.89. The smallest absolute Gasteiger partial charge is 0.240 e. The molecule has 2 N–H and O–H groups in total. The first-order valence-electron chi connectivity index (χ1n) is 6.72. The Hall–Kier alpha value is -1.06. The fraction of sp³-hybridized carbons (Fsp3) is 0.538. The van der Waals surface area contributed by atoms with Crippen LogP contribution in [0.4, 0.5) is 0 Å². The van der Waals surface area contributed by atoms with Gasteiger partial charge in [0.05, 0.1) is 11.5 Å². The number of ether oxygens (including phenoxy) is 3. The van der Waals surface area contributed by atoms with Gasteiger partial charge in [0.15, 0.2) is 11.5 Å². The van der Waals surface area contributed by atoms with Gasteiger partial charge in [-0.3, -0.25) is 0 Å². The lowest BCUT2D eigenvalue weighted by atomic mass is 10.3. The molecule has 0 saturated heterocycles. The lowest BCUT2D eigenvalue weighted by molar-refractivity contribution is 0.171. The van der Waals surface area contributed by atoms with Crippen molar-refractivity contribution in [1.82, 2.24) is 10.0 Å². The molecule has 7 nitrogen and oxygen atoms in total. The Morgan fingerprint density at radius 1 is 1.14 bits per heavy atom. The summed E-state index contributed by atoms with van der Waals surface area (Å²) in [6, 6.07) is 4.60. The molecule has 1 aliphatic rings. The summed E-state index contributed by atoms with van der Waals surface area (Å²) in [5.74, 6) is 1.03. The lowest BCUT2D eigenvalue weighted by Gasteiger charge is -2.18. The van der Waals surface area contributed by atoms with Crippen LogP contribution in [0.15, 0.2) is 23.1 Å². The molecular formula is C13H21ClN2O5S. The molecule has 0 fully saturated rings. The second-order valence-corrected chi connectivity index (χ2v) is 6.21. The maximum absolute atomic E-state index is 12.1. The van der Waals surface area contributed by atoms with Crippen molar-refractivity contribution in [2.45, 2.75) is 4.90 Å². The topological polar surface area (TPSA) is 85.9 Å².